The first-order chi connectivity index (χ1) is 8.97. The number of nitrogens with zero attached hydrogens (tertiary/aromatic N) is 3. The minimum absolute atomic E-state index is 0.353. The molecule has 2 rings (SSSR count). The summed E-state index contributed by atoms with van der Waals surface area (Å²) in [5.74, 6) is 2.25. The molecule has 2 N–H and O–H groups in total. The molecule has 0 unspecified atom stereocenters. The summed E-state index contributed by atoms with van der Waals surface area (Å²) in [6, 6.07) is 5.75. The number of aromatic nitrogens is 3. The van der Waals surface area contributed by atoms with E-state index in [1.54, 1.807) is 0 Å². The fourth-order valence-corrected chi connectivity index (χ4v) is 2.02. The SMILES string of the molecule is CC(C)c1nc(CCc2ccc(Cl)c(N)c2)n(C)n1. The third-order valence-electron chi connectivity index (χ3n) is 3.08. The molecule has 0 saturated heterocycles. The van der Waals surface area contributed by atoms with Crippen molar-refractivity contribution in [3.8, 4) is 0 Å². The largest absolute Gasteiger partial charge is 0.398 e. The van der Waals surface area contributed by atoms with Crippen molar-refractivity contribution in [2.75, 3.05) is 5.73 Å². The van der Waals surface area contributed by atoms with E-state index < -0.39 is 0 Å². The number of aryl methyl sites for hydroxylation is 3. The molecule has 4 nitrogen and oxygen atoms in total. The van der Waals surface area contributed by atoms with E-state index in [-0.39, 0.29) is 0 Å². The molecule has 1 aromatic carbocycles. The van der Waals surface area contributed by atoms with Crippen molar-refractivity contribution in [1.82, 2.24) is 14.8 Å². The number of hydrogen-bond acceptors (Lipinski definition) is 3. The van der Waals surface area contributed by atoms with Gasteiger partial charge in [0.25, 0.3) is 0 Å². The van der Waals surface area contributed by atoms with Gasteiger partial charge in [-0.1, -0.05) is 31.5 Å². The first-order valence-electron chi connectivity index (χ1n) is 6.41. The highest BCUT2D eigenvalue weighted by Gasteiger charge is 2.10. The smallest absolute Gasteiger partial charge is 0.153 e. The zero-order valence-corrected chi connectivity index (χ0v) is 12.3. The van der Waals surface area contributed by atoms with E-state index in [2.05, 4.69) is 23.9 Å². The van der Waals surface area contributed by atoms with Crippen molar-refractivity contribution in [1.29, 1.82) is 0 Å². The second kappa shape index (κ2) is 5.61. The minimum Gasteiger partial charge on any atom is -0.398 e. The molecule has 0 atom stereocenters. The van der Waals surface area contributed by atoms with Gasteiger partial charge in [-0.3, -0.25) is 4.68 Å². The van der Waals surface area contributed by atoms with E-state index in [0.29, 0.717) is 16.6 Å². The number of nitrogens with two attached hydrogens (primary N) is 1. The predicted molar refractivity (Wildman–Crippen MR) is 78.4 cm³/mol. The molecule has 0 aliphatic rings. The number of hydrogen-bond donors (Lipinski definition) is 1. The van der Waals surface area contributed by atoms with E-state index >= 15 is 0 Å². The van der Waals surface area contributed by atoms with Crippen molar-refractivity contribution in [3.05, 3.63) is 40.4 Å². The fourth-order valence-electron chi connectivity index (χ4n) is 1.91. The summed E-state index contributed by atoms with van der Waals surface area (Å²) in [4.78, 5) is 4.56. The van der Waals surface area contributed by atoms with Gasteiger partial charge in [-0.2, -0.15) is 5.10 Å². The average molecular weight is 279 g/mol. The number of benzene rings is 1. The maximum atomic E-state index is 5.91. The van der Waals surface area contributed by atoms with Crippen LogP contribution < -0.4 is 5.73 Å². The Morgan fingerprint density at radius 3 is 2.63 bits per heavy atom. The fraction of sp³-hybridized carbons (Fsp3) is 0.429. The van der Waals surface area contributed by atoms with Crippen LogP contribution in [-0.4, -0.2) is 14.8 Å². The van der Waals surface area contributed by atoms with Crippen LogP contribution in [0.5, 0.6) is 0 Å². The van der Waals surface area contributed by atoms with Crippen LogP contribution in [0.1, 0.15) is 37.0 Å². The molecule has 0 fully saturated rings. The minimum atomic E-state index is 0.353. The highest BCUT2D eigenvalue weighted by Crippen LogP contribution is 2.20. The molecule has 0 spiro atoms. The van der Waals surface area contributed by atoms with Gasteiger partial charge in [-0.05, 0) is 24.1 Å². The lowest BCUT2D eigenvalue weighted by Crippen LogP contribution is -2.02. The number of rotatable bonds is 4. The van der Waals surface area contributed by atoms with Crippen molar-refractivity contribution < 1.29 is 0 Å². The van der Waals surface area contributed by atoms with Gasteiger partial charge in [-0.15, -0.1) is 0 Å². The Hall–Kier alpha value is -1.55. The van der Waals surface area contributed by atoms with E-state index in [0.717, 1.165) is 30.1 Å². The summed E-state index contributed by atoms with van der Waals surface area (Å²) in [5.41, 5.74) is 7.59. The molecule has 2 aromatic rings. The predicted octanol–water partition coefficient (Wildman–Crippen LogP) is 2.96. The lowest BCUT2D eigenvalue weighted by atomic mass is 10.1. The van der Waals surface area contributed by atoms with Gasteiger partial charge in [0.05, 0.1) is 10.7 Å². The van der Waals surface area contributed by atoms with E-state index in [9.17, 15) is 0 Å². The number of halogens is 1. The van der Waals surface area contributed by atoms with Gasteiger partial charge in [0.15, 0.2) is 5.82 Å². The summed E-state index contributed by atoms with van der Waals surface area (Å²) in [6.07, 6.45) is 1.72. The first kappa shape index (κ1) is 13.9. The van der Waals surface area contributed by atoms with Crippen LogP contribution in [-0.2, 0) is 19.9 Å². The second-order valence-electron chi connectivity index (χ2n) is 5.02. The molecule has 0 amide bonds. The molecule has 0 aliphatic carbocycles. The lowest BCUT2D eigenvalue weighted by Gasteiger charge is -2.04. The van der Waals surface area contributed by atoms with E-state index in [1.165, 1.54) is 0 Å². The molecule has 19 heavy (non-hydrogen) atoms. The molecule has 0 aliphatic heterocycles. The van der Waals surface area contributed by atoms with E-state index in [4.69, 9.17) is 17.3 Å². The molecule has 5 heteroatoms. The number of nitrogen functional groups attached to an aromatic ring is 1. The van der Waals surface area contributed by atoms with Crippen LogP contribution >= 0.6 is 11.6 Å². The Kier molecular flexibility index (Phi) is 4.10. The summed E-state index contributed by atoms with van der Waals surface area (Å²) in [5, 5.41) is 5.02. The second-order valence-corrected chi connectivity index (χ2v) is 5.43. The van der Waals surface area contributed by atoms with Gasteiger partial charge < -0.3 is 5.73 Å². The zero-order chi connectivity index (χ0) is 14.0. The van der Waals surface area contributed by atoms with Crippen LogP contribution in [0, 0.1) is 0 Å². The monoisotopic (exact) mass is 278 g/mol. The summed E-state index contributed by atoms with van der Waals surface area (Å²) in [7, 11) is 1.93. The Morgan fingerprint density at radius 1 is 1.32 bits per heavy atom. The van der Waals surface area contributed by atoms with Gasteiger partial charge >= 0.3 is 0 Å². The first-order valence-corrected chi connectivity index (χ1v) is 6.79. The summed E-state index contributed by atoms with van der Waals surface area (Å²) < 4.78 is 1.86. The molecule has 0 bridgehead atoms. The van der Waals surface area contributed by atoms with Gasteiger partial charge in [0, 0.05) is 19.4 Å². The van der Waals surface area contributed by atoms with Crippen molar-refractivity contribution in [3.63, 3.8) is 0 Å². The Bertz CT molecular complexity index is 575. The van der Waals surface area contributed by atoms with Crippen LogP contribution in [0.3, 0.4) is 0 Å². The standard InChI is InChI=1S/C14H19ClN4/c1-9(2)14-17-13(19(3)18-14)7-5-10-4-6-11(15)12(16)8-10/h4,6,8-9H,5,7,16H2,1-3H3. The topological polar surface area (TPSA) is 56.7 Å². The molecule has 0 saturated carbocycles. The third-order valence-corrected chi connectivity index (χ3v) is 3.43. The van der Waals surface area contributed by atoms with Crippen LogP contribution in [0.15, 0.2) is 18.2 Å². The van der Waals surface area contributed by atoms with Crippen LogP contribution in [0.25, 0.3) is 0 Å². The van der Waals surface area contributed by atoms with Gasteiger partial charge in [0.2, 0.25) is 0 Å². The molecule has 102 valence electrons. The maximum Gasteiger partial charge on any atom is 0.153 e. The highest BCUT2D eigenvalue weighted by atomic mass is 35.5. The van der Waals surface area contributed by atoms with Gasteiger partial charge in [0.1, 0.15) is 5.82 Å². The molecular weight excluding hydrogens is 260 g/mol. The lowest BCUT2D eigenvalue weighted by molar-refractivity contribution is 0.676. The molecule has 0 radical (unpaired) electrons. The van der Waals surface area contributed by atoms with Crippen molar-refractivity contribution in [2.45, 2.75) is 32.6 Å². The molecular formula is C14H19ClN4. The normalized spacial score (nSPS) is 11.2. The Balaban J connectivity index is 2.07. The van der Waals surface area contributed by atoms with E-state index in [1.807, 2.05) is 29.9 Å². The maximum absolute atomic E-state index is 5.91. The third kappa shape index (κ3) is 3.26. The van der Waals surface area contributed by atoms with Crippen LogP contribution in [0.2, 0.25) is 5.02 Å². The van der Waals surface area contributed by atoms with Crippen molar-refractivity contribution >= 4 is 17.3 Å². The Morgan fingerprint density at radius 2 is 2.05 bits per heavy atom. The van der Waals surface area contributed by atoms with Crippen LogP contribution in [0.4, 0.5) is 5.69 Å². The zero-order valence-electron chi connectivity index (χ0n) is 11.5. The number of anilines is 1. The molecule has 1 aromatic heterocycles. The highest BCUT2D eigenvalue weighted by molar-refractivity contribution is 6.33. The van der Waals surface area contributed by atoms with Crippen molar-refractivity contribution in [2.24, 2.45) is 7.05 Å². The van der Waals surface area contributed by atoms with Gasteiger partial charge in [-0.25, -0.2) is 4.98 Å². The summed E-state index contributed by atoms with van der Waals surface area (Å²) in [6.45, 7) is 4.19. The quantitative estimate of drug-likeness (QED) is 0.875. The Labute approximate surface area is 118 Å². The average Bonchev–Trinajstić information content (AvgIpc) is 2.73. The molecule has 1 heterocycles. The summed E-state index contributed by atoms with van der Waals surface area (Å²) >= 11 is 5.91.